The van der Waals surface area contributed by atoms with Crippen LogP contribution in [0.3, 0.4) is 0 Å². The van der Waals surface area contributed by atoms with E-state index in [4.69, 9.17) is 5.73 Å². The van der Waals surface area contributed by atoms with E-state index >= 15 is 0 Å². The van der Waals surface area contributed by atoms with Crippen molar-refractivity contribution in [2.45, 2.75) is 19.8 Å². The van der Waals surface area contributed by atoms with Crippen LogP contribution in [0.1, 0.15) is 21.9 Å². The second-order valence-corrected chi connectivity index (χ2v) is 5.08. The van der Waals surface area contributed by atoms with E-state index in [9.17, 15) is 13.6 Å². The van der Waals surface area contributed by atoms with Crippen molar-refractivity contribution in [3.63, 3.8) is 0 Å². The highest BCUT2D eigenvalue weighted by Gasteiger charge is 2.27. The van der Waals surface area contributed by atoms with Crippen LogP contribution in [0, 0.1) is 13.8 Å². The van der Waals surface area contributed by atoms with E-state index < -0.39 is 24.9 Å². The molecule has 2 aromatic heterocycles. The van der Waals surface area contributed by atoms with Crippen molar-refractivity contribution < 1.29 is 13.6 Å². The number of alkyl halides is 2. The Balaban J connectivity index is 0.00000264. The summed E-state index contributed by atoms with van der Waals surface area (Å²) >= 11 is 0. The number of rotatable bonds is 5. The zero-order valence-electron chi connectivity index (χ0n) is 13.0. The number of carbonyl (C=O) groups is 1. The van der Waals surface area contributed by atoms with Gasteiger partial charge in [0, 0.05) is 18.3 Å². The number of amides is 1. The first-order valence-corrected chi connectivity index (χ1v) is 6.67. The van der Waals surface area contributed by atoms with Crippen LogP contribution in [-0.2, 0) is 7.05 Å². The monoisotopic (exact) mass is 348 g/mol. The Morgan fingerprint density at radius 1 is 1.48 bits per heavy atom. The second-order valence-electron chi connectivity index (χ2n) is 5.08. The van der Waals surface area contributed by atoms with Crippen LogP contribution < -0.4 is 11.1 Å². The molecule has 4 N–H and O–H groups in total. The molecule has 0 aromatic carbocycles. The Hall–Kier alpha value is -2.00. The number of nitrogens with one attached hydrogen (secondary N) is 2. The molecule has 0 aliphatic carbocycles. The third-order valence-corrected chi connectivity index (χ3v) is 3.39. The van der Waals surface area contributed by atoms with Gasteiger partial charge in [0.25, 0.3) is 11.8 Å². The Morgan fingerprint density at radius 3 is 2.65 bits per heavy atom. The van der Waals surface area contributed by atoms with E-state index in [1.54, 1.807) is 11.7 Å². The first kappa shape index (κ1) is 19.0. The summed E-state index contributed by atoms with van der Waals surface area (Å²) in [6.45, 7) is 2.07. The molecule has 10 heteroatoms. The van der Waals surface area contributed by atoms with Gasteiger partial charge in [-0.15, -0.1) is 12.4 Å². The second kappa shape index (κ2) is 7.05. The predicted octanol–water partition coefficient (Wildman–Crippen LogP) is 1.17. The maximum atomic E-state index is 13.0. The fourth-order valence-corrected chi connectivity index (χ4v) is 2.09. The average molecular weight is 349 g/mol. The lowest BCUT2D eigenvalue weighted by Crippen LogP contribution is -2.41. The van der Waals surface area contributed by atoms with Crippen molar-refractivity contribution >= 4 is 18.3 Å². The molecular formula is C13H19ClF2N6O. The van der Waals surface area contributed by atoms with Gasteiger partial charge in [-0.1, -0.05) is 0 Å². The van der Waals surface area contributed by atoms with E-state index in [1.807, 2.05) is 13.8 Å². The largest absolute Gasteiger partial charge is 0.345 e. The Kier molecular flexibility index (Phi) is 5.84. The molecule has 1 amide bonds. The fraction of sp³-hybridized carbons (Fsp3) is 0.462. The number of nitrogens with two attached hydrogens (primary N) is 1. The topological polar surface area (TPSA) is 102 Å². The summed E-state index contributed by atoms with van der Waals surface area (Å²) in [6, 6.07) is 1.51. The molecule has 0 bridgehead atoms. The van der Waals surface area contributed by atoms with Gasteiger partial charge in [-0.25, -0.2) is 8.78 Å². The van der Waals surface area contributed by atoms with Crippen molar-refractivity contribution in [3.8, 4) is 11.3 Å². The number of H-pyrrole nitrogens is 1. The van der Waals surface area contributed by atoms with Crippen molar-refractivity contribution in [3.05, 3.63) is 23.1 Å². The van der Waals surface area contributed by atoms with Gasteiger partial charge < -0.3 is 11.1 Å². The molecule has 2 heterocycles. The van der Waals surface area contributed by atoms with Crippen LogP contribution in [0.2, 0.25) is 0 Å². The van der Waals surface area contributed by atoms with Crippen LogP contribution in [0.15, 0.2) is 6.07 Å². The number of hydrogen-bond donors (Lipinski definition) is 3. The quantitative estimate of drug-likeness (QED) is 0.755. The Labute approximate surface area is 138 Å². The molecule has 0 radical (unpaired) electrons. The molecule has 0 saturated carbocycles. The van der Waals surface area contributed by atoms with Gasteiger partial charge in [-0.05, 0) is 19.9 Å². The zero-order chi connectivity index (χ0) is 16.5. The molecule has 0 unspecified atom stereocenters. The lowest BCUT2D eigenvalue weighted by Gasteiger charge is -2.13. The van der Waals surface area contributed by atoms with Gasteiger partial charge in [-0.3, -0.25) is 14.6 Å². The van der Waals surface area contributed by atoms with Gasteiger partial charge in [0.2, 0.25) is 0 Å². The minimum Gasteiger partial charge on any atom is -0.345 e. The molecule has 128 valence electrons. The number of carbonyl (C=O) groups excluding carboxylic acids is 1. The van der Waals surface area contributed by atoms with Gasteiger partial charge in [0.15, 0.2) is 0 Å². The molecule has 0 saturated heterocycles. The van der Waals surface area contributed by atoms with Crippen LogP contribution in [-0.4, -0.2) is 44.9 Å². The summed E-state index contributed by atoms with van der Waals surface area (Å²) in [5.74, 6) is -3.79. The summed E-state index contributed by atoms with van der Waals surface area (Å²) in [6.07, 6.45) is 0. The SMILES string of the molecule is Cc1nn(C)c(C)c1-c1cc(C(=O)NCC(F)(F)CN)[nH]n1.Cl. The zero-order valence-corrected chi connectivity index (χ0v) is 13.8. The molecule has 0 spiro atoms. The summed E-state index contributed by atoms with van der Waals surface area (Å²) in [5, 5.41) is 13.0. The van der Waals surface area contributed by atoms with Crippen LogP contribution >= 0.6 is 12.4 Å². The number of aromatic nitrogens is 4. The minimum atomic E-state index is -3.13. The van der Waals surface area contributed by atoms with Crippen LogP contribution in [0.5, 0.6) is 0 Å². The normalized spacial score (nSPS) is 11.2. The highest BCUT2D eigenvalue weighted by molar-refractivity contribution is 5.93. The first-order chi connectivity index (χ1) is 10.2. The van der Waals surface area contributed by atoms with E-state index in [-0.39, 0.29) is 18.1 Å². The maximum absolute atomic E-state index is 13.0. The number of nitrogens with zero attached hydrogens (tertiary/aromatic N) is 3. The van der Waals surface area contributed by atoms with E-state index in [2.05, 4.69) is 20.6 Å². The van der Waals surface area contributed by atoms with Crippen molar-refractivity contribution in [2.24, 2.45) is 12.8 Å². The minimum absolute atomic E-state index is 0. The molecular weight excluding hydrogens is 330 g/mol. The third-order valence-electron chi connectivity index (χ3n) is 3.39. The van der Waals surface area contributed by atoms with Crippen molar-refractivity contribution in [1.29, 1.82) is 0 Å². The molecule has 0 atom stereocenters. The molecule has 2 aromatic rings. The lowest BCUT2D eigenvalue weighted by molar-refractivity contribution is 0.0118. The van der Waals surface area contributed by atoms with Gasteiger partial charge >= 0.3 is 0 Å². The molecule has 0 aliphatic rings. The summed E-state index contributed by atoms with van der Waals surface area (Å²) in [5.41, 5.74) is 8.03. The summed E-state index contributed by atoms with van der Waals surface area (Å²) in [7, 11) is 1.81. The fourth-order valence-electron chi connectivity index (χ4n) is 2.09. The van der Waals surface area contributed by atoms with E-state index in [0.717, 1.165) is 17.0 Å². The molecule has 23 heavy (non-hydrogen) atoms. The van der Waals surface area contributed by atoms with Gasteiger partial charge in [0.1, 0.15) is 5.69 Å². The number of halogens is 3. The summed E-state index contributed by atoms with van der Waals surface area (Å²) < 4.78 is 27.8. The highest BCUT2D eigenvalue weighted by Crippen LogP contribution is 2.25. The molecule has 0 aliphatic heterocycles. The number of hydrogen-bond acceptors (Lipinski definition) is 4. The van der Waals surface area contributed by atoms with Crippen molar-refractivity contribution in [1.82, 2.24) is 25.3 Å². The molecule has 7 nitrogen and oxygen atoms in total. The first-order valence-electron chi connectivity index (χ1n) is 6.67. The summed E-state index contributed by atoms with van der Waals surface area (Å²) in [4.78, 5) is 11.8. The van der Waals surface area contributed by atoms with Crippen LogP contribution in [0.25, 0.3) is 11.3 Å². The maximum Gasteiger partial charge on any atom is 0.277 e. The third kappa shape index (κ3) is 4.05. The van der Waals surface area contributed by atoms with Crippen LogP contribution in [0.4, 0.5) is 8.78 Å². The van der Waals surface area contributed by atoms with E-state index in [1.165, 1.54) is 6.07 Å². The lowest BCUT2D eigenvalue weighted by atomic mass is 10.1. The standard InChI is InChI=1S/C13H18F2N6O.ClH/c1-7-11(8(2)21(3)20-7)9-4-10(19-18-9)12(22)17-6-13(14,15)5-16;/h4H,5-6,16H2,1-3H3,(H,17,22)(H,18,19);1H. The highest BCUT2D eigenvalue weighted by atomic mass is 35.5. The van der Waals surface area contributed by atoms with Crippen molar-refractivity contribution in [2.75, 3.05) is 13.1 Å². The predicted molar refractivity (Wildman–Crippen MR) is 83.8 cm³/mol. The Morgan fingerprint density at radius 2 is 2.13 bits per heavy atom. The van der Waals surface area contributed by atoms with Gasteiger partial charge in [-0.2, -0.15) is 10.2 Å². The molecule has 2 rings (SSSR count). The Bertz CT molecular complexity index is 697. The van der Waals surface area contributed by atoms with E-state index in [0.29, 0.717) is 5.69 Å². The number of aryl methyl sites for hydroxylation is 2. The smallest absolute Gasteiger partial charge is 0.277 e. The van der Waals surface area contributed by atoms with Gasteiger partial charge in [0.05, 0.1) is 24.5 Å². The number of aromatic amines is 1. The average Bonchev–Trinajstić information content (AvgIpc) is 3.02. The molecule has 0 fully saturated rings.